The number of aryl methyl sites for hydroxylation is 1. The first kappa shape index (κ1) is 9.08. The van der Waals surface area contributed by atoms with Crippen molar-refractivity contribution in [3.8, 4) is 6.19 Å². The summed E-state index contributed by atoms with van der Waals surface area (Å²) in [6.07, 6.45) is 2.06. The number of halogens is 1. The Morgan fingerprint density at radius 2 is 2.17 bits per heavy atom. The van der Waals surface area contributed by atoms with E-state index in [1.807, 2.05) is 25.1 Å². The van der Waals surface area contributed by atoms with Gasteiger partial charge in [-0.2, -0.15) is 5.26 Å². The molecule has 0 aromatic heterocycles. The number of benzene rings is 1. The minimum Gasteiger partial charge on any atom is -0.282 e. The smallest absolute Gasteiger partial charge is 0.184 e. The van der Waals surface area contributed by atoms with Crippen LogP contribution < -0.4 is 4.90 Å². The minimum absolute atomic E-state index is 0.937. The van der Waals surface area contributed by atoms with E-state index < -0.39 is 0 Å². The summed E-state index contributed by atoms with van der Waals surface area (Å²) in [6, 6.07) is 5.87. The first-order valence-corrected chi connectivity index (χ1v) is 4.34. The molecule has 0 saturated heterocycles. The maximum absolute atomic E-state index is 8.66. The van der Waals surface area contributed by atoms with E-state index in [1.165, 1.54) is 0 Å². The van der Waals surface area contributed by atoms with Crippen LogP contribution in [0, 0.1) is 18.4 Å². The van der Waals surface area contributed by atoms with Crippen LogP contribution in [0.15, 0.2) is 22.7 Å². The third-order valence-corrected chi connectivity index (χ3v) is 2.18. The molecule has 1 aromatic carbocycles. The molecular weight excluding hydrogens is 216 g/mol. The Bertz CT molecular complexity index is 328. The number of rotatable bonds is 1. The van der Waals surface area contributed by atoms with Crippen molar-refractivity contribution in [2.45, 2.75) is 6.92 Å². The minimum atomic E-state index is 0.937. The van der Waals surface area contributed by atoms with Crippen LogP contribution in [-0.4, -0.2) is 7.05 Å². The Kier molecular flexibility index (Phi) is 2.72. The molecule has 1 aromatic rings. The molecule has 0 radical (unpaired) electrons. The van der Waals surface area contributed by atoms with Crippen LogP contribution in [0.2, 0.25) is 0 Å². The Labute approximate surface area is 80.5 Å². The summed E-state index contributed by atoms with van der Waals surface area (Å²) in [5.41, 5.74) is 2.04. The maximum Gasteiger partial charge on any atom is 0.184 e. The summed E-state index contributed by atoms with van der Waals surface area (Å²) in [5, 5.41) is 8.66. The van der Waals surface area contributed by atoms with Crippen LogP contribution in [-0.2, 0) is 0 Å². The lowest BCUT2D eigenvalue weighted by Crippen LogP contribution is -2.09. The van der Waals surface area contributed by atoms with E-state index in [2.05, 4.69) is 22.1 Å². The molecule has 0 aliphatic carbocycles. The zero-order chi connectivity index (χ0) is 9.14. The van der Waals surface area contributed by atoms with Gasteiger partial charge in [-0.15, -0.1) is 0 Å². The van der Waals surface area contributed by atoms with E-state index in [9.17, 15) is 0 Å². The third kappa shape index (κ3) is 1.77. The summed E-state index contributed by atoms with van der Waals surface area (Å²) >= 11 is 3.36. The fraction of sp³-hybridized carbons (Fsp3) is 0.222. The van der Waals surface area contributed by atoms with Crippen molar-refractivity contribution in [1.82, 2.24) is 0 Å². The second-order valence-electron chi connectivity index (χ2n) is 2.59. The highest BCUT2D eigenvalue weighted by Gasteiger charge is 2.02. The normalized spacial score (nSPS) is 9.17. The monoisotopic (exact) mass is 224 g/mol. The number of hydrogen-bond acceptors (Lipinski definition) is 2. The number of hydrogen-bond donors (Lipinski definition) is 0. The van der Waals surface area contributed by atoms with Crippen molar-refractivity contribution in [2.75, 3.05) is 11.9 Å². The molecule has 62 valence electrons. The first-order valence-electron chi connectivity index (χ1n) is 3.55. The van der Waals surface area contributed by atoms with Gasteiger partial charge in [-0.25, -0.2) is 0 Å². The van der Waals surface area contributed by atoms with Crippen molar-refractivity contribution in [1.29, 1.82) is 5.26 Å². The lowest BCUT2D eigenvalue weighted by atomic mass is 10.2. The van der Waals surface area contributed by atoms with Gasteiger partial charge < -0.3 is 0 Å². The average molecular weight is 225 g/mol. The zero-order valence-electron chi connectivity index (χ0n) is 7.00. The van der Waals surface area contributed by atoms with Crippen LogP contribution in [0.4, 0.5) is 5.69 Å². The predicted octanol–water partition coefficient (Wildman–Crippen LogP) is 2.67. The molecule has 0 aliphatic heterocycles. The van der Waals surface area contributed by atoms with Gasteiger partial charge in [0.2, 0.25) is 0 Å². The number of nitrogens with zero attached hydrogens (tertiary/aromatic N) is 2. The fourth-order valence-corrected chi connectivity index (χ4v) is 1.35. The van der Waals surface area contributed by atoms with E-state index >= 15 is 0 Å². The summed E-state index contributed by atoms with van der Waals surface area (Å²) in [5.74, 6) is 0. The lowest BCUT2D eigenvalue weighted by molar-refractivity contribution is 1.18. The van der Waals surface area contributed by atoms with Crippen molar-refractivity contribution < 1.29 is 0 Å². The molecular formula is C9H9BrN2. The number of anilines is 1. The molecule has 12 heavy (non-hydrogen) atoms. The third-order valence-electron chi connectivity index (χ3n) is 1.68. The molecule has 3 heteroatoms. The van der Waals surface area contributed by atoms with Crippen molar-refractivity contribution in [3.63, 3.8) is 0 Å². The van der Waals surface area contributed by atoms with Crippen LogP contribution in [0.25, 0.3) is 0 Å². The highest BCUT2D eigenvalue weighted by atomic mass is 79.9. The lowest BCUT2D eigenvalue weighted by Gasteiger charge is -2.11. The Morgan fingerprint density at radius 3 is 2.75 bits per heavy atom. The van der Waals surface area contributed by atoms with Gasteiger partial charge in [0, 0.05) is 11.5 Å². The van der Waals surface area contributed by atoms with Gasteiger partial charge in [0.05, 0.1) is 5.69 Å². The van der Waals surface area contributed by atoms with Gasteiger partial charge >= 0.3 is 0 Å². The van der Waals surface area contributed by atoms with Crippen LogP contribution in [0.1, 0.15) is 5.56 Å². The Balaban J connectivity index is 3.15. The van der Waals surface area contributed by atoms with Crippen molar-refractivity contribution >= 4 is 21.6 Å². The SMILES string of the molecule is Cc1ccc(Br)cc1N(C)C#N. The van der Waals surface area contributed by atoms with Crippen LogP contribution in [0.5, 0.6) is 0 Å². The van der Waals surface area contributed by atoms with E-state index in [4.69, 9.17) is 5.26 Å². The molecule has 0 amide bonds. The van der Waals surface area contributed by atoms with Crippen molar-refractivity contribution in [3.05, 3.63) is 28.2 Å². The molecule has 0 N–H and O–H groups in total. The number of nitriles is 1. The summed E-state index contributed by atoms with van der Waals surface area (Å²) in [6.45, 7) is 1.98. The molecule has 0 heterocycles. The maximum atomic E-state index is 8.66. The molecule has 2 nitrogen and oxygen atoms in total. The summed E-state index contributed by atoms with van der Waals surface area (Å²) < 4.78 is 0.991. The van der Waals surface area contributed by atoms with Gasteiger partial charge in [0.25, 0.3) is 0 Å². The van der Waals surface area contributed by atoms with Crippen LogP contribution >= 0.6 is 15.9 Å². The topological polar surface area (TPSA) is 27.0 Å². The fourth-order valence-electron chi connectivity index (χ4n) is 0.998. The average Bonchev–Trinajstić information content (AvgIpc) is 2.08. The largest absolute Gasteiger partial charge is 0.282 e. The second-order valence-corrected chi connectivity index (χ2v) is 3.51. The second kappa shape index (κ2) is 3.59. The molecule has 0 unspecified atom stereocenters. The summed E-state index contributed by atoms with van der Waals surface area (Å²) in [7, 11) is 1.74. The molecule has 0 bridgehead atoms. The molecule has 0 fully saturated rings. The quantitative estimate of drug-likeness (QED) is 0.542. The first-order chi connectivity index (χ1) is 5.65. The van der Waals surface area contributed by atoms with Gasteiger partial charge in [0.15, 0.2) is 6.19 Å². The van der Waals surface area contributed by atoms with Crippen molar-refractivity contribution in [2.24, 2.45) is 0 Å². The predicted molar refractivity (Wildman–Crippen MR) is 52.9 cm³/mol. The molecule has 0 saturated carbocycles. The van der Waals surface area contributed by atoms with E-state index in [1.54, 1.807) is 11.9 Å². The van der Waals surface area contributed by atoms with Gasteiger partial charge in [-0.3, -0.25) is 4.90 Å². The highest BCUT2D eigenvalue weighted by Crippen LogP contribution is 2.22. The van der Waals surface area contributed by atoms with Crippen LogP contribution in [0.3, 0.4) is 0 Å². The van der Waals surface area contributed by atoms with Gasteiger partial charge in [-0.05, 0) is 24.6 Å². The van der Waals surface area contributed by atoms with E-state index in [0.29, 0.717) is 0 Å². The Hall–Kier alpha value is -1.01. The Morgan fingerprint density at radius 1 is 1.50 bits per heavy atom. The zero-order valence-corrected chi connectivity index (χ0v) is 8.59. The standard InChI is InChI=1S/C9H9BrN2/c1-7-3-4-8(10)5-9(7)12(2)6-11/h3-5H,1-2H3. The highest BCUT2D eigenvalue weighted by molar-refractivity contribution is 9.10. The molecule has 0 atom stereocenters. The molecule has 0 aliphatic rings. The molecule has 1 rings (SSSR count). The van der Waals surface area contributed by atoms with Gasteiger partial charge in [-0.1, -0.05) is 22.0 Å². The molecule has 0 spiro atoms. The van der Waals surface area contributed by atoms with E-state index in [0.717, 1.165) is 15.7 Å². The van der Waals surface area contributed by atoms with E-state index in [-0.39, 0.29) is 0 Å². The van der Waals surface area contributed by atoms with Gasteiger partial charge in [0.1, 0.15) is 0 Å². The summed E-state index contributed by atoms with van der Waals surface area (Å²) in [4.78, 5) is 1.54.